The van der Waals surface area contributed by atoms with Gasteiger partial charge in [-0.25, -0.2) is 18.0 Å². The molecule has 0 aliphatic carbocycles. The summed E-state index contributed by atoms with van der Waals surface area (Å²) in [6, 6.07) is 12.0. The third-order valence-electron chi connectivity index (χ3n) is 8.18. The second kappa shape index (κ2) is 10.7. The molecule has 38 heavy (non-hydrogen) atoms. The molecule has 5 rings (SSSR count). The highest BCUT2D eigenvalue weighted by atomic mass is 19.3. The third-order valence-corrected chi connectivity index (χ3v) is 8.18. The van der Waals surface area contributed by atoms with Gasteiger partial charge in [0, 0.05) is 41.6 Å². The smallest absolute Gasteiger partial charge is 0.283 e. The Bertz CT molecular complexity index is 1330. The van der Waals surface area contributed by atoms with Gasteiger partial charge in [0.05, 0.1) is 19.2 Å². The highest BCUT2D eigenvalue weighted by molar-refractivity contribution is 5.85. The maximum absolute atomic E-state index is 15.5. The average Bonchev–Trinajstić information content (AvgIpc) is 3.25. The third kappa shape index (κ3) is 4.95. The fourth-order valence-corrected chi connectivity index (χ4v) is 6.10. The molecule has 3 atom stereocenters. The number of aromatic amines is 1. The van der Waals surface area contributed by atoms with Gasteiger partial charge in [0.1, 0.15) is 12.8 Å². The van der Waals surface area contributed by atoms with E-state index in [4.69, 9.17) is 6.57 Å². The number of hydrogen-bond donors (Lipinski definition) is 2. The van der Waals surface area contributed by atoms with Gasteiger partial charge in [-0.1, -0.05) is 49.7 Å². The van der Waals surface area contributed by atoms with E-state index in [9.17, 15) is 13.9 Å². The number of nitrogens with one attached hydrogen (secondary N) is 1. The molecule has 2 aliphatic rings. The van der Waals surface area contributed by atoms with Crippen molar-refractivity contribution in [3.05, 3.63) is 76.3 Å². The number of nitrogens with zero attached hydrogens (tertiary/aromatic N) is 3. The highest BCUT2D eigenvalue weighted by Gasteiger charge is 2.42. The van der Waals surface area contributed by atoms with Crippen LogP contribution in [-0.2, 0) is 6.42 Å². The van der Waals surface area contributed by atoms with Gasteiger partial charge >= 0.3 is 0 Å². The van der Waals surface area contributed by atoms with Crippen LogP contribution in [0.5, 0.6) is 0 Å². The Kier molecular flexibility index (Phi) is 7.54. The van der Waals surface area contributed by atoms with Crippen molar-refractivity contribution >= 4 is 16.6 Å². The largest absolute Gasteiger partial charge is 0.390 e. The van der Waals surface area contributed by atoms with Crippen LogP contribution in [0.25, 0.3) is 15.7 Å². The van der Waals surface area contributed by atoms with Gasteiger partial charge in [0.2, 0.25) is 0 Å². The topological polar surface area (TPSA) is 46.9 Å². The minimum Gasteiger partial charge on any atom is -0.390 e. The second-order valence-corrected chi connectivity index (χ2v) is 10.9. The lowest BCUT2D eigenvalue weighted by molar-refractivity contribution is -0.0864. The number of H-pyrrole nitrogens is 1. The van der Waals surface area contributed by atoms with E-state index in [2.05, 4.69) is 21.7 Å². The number of likely N-dealkylation sites (tertiary alicyclic amines) is 1. The fraction of sp³-hybridized carbons (Fsp3) is 0.500. The number of unbranched alkanes of at least 4 members (excludes halogenated alkanes) is 1. The molecule has 2 N–H and O–H groups in total. The van der Waals surface area contributed by atoms with Crippen molar-refractivity contribution in [3.63, 3.8) is 0 Å². The predicted octanol–water partition coefficient (Wildman–Crippen LogP) is 6.42. The van der Waals surface area contributed by atoms with Crippen molar-refractivity contribution in [2.24, 2.45) is 5.92 Å². The Labute approximate surface area is 222 Å². The number of hydrogen-bond acceptors (Lipinski definition) is 3. The maximum atomic E-state index is 15.5. The number of aromatic nitrogens is 1. The molecule has 0 unspecified atom stereocenters. The van der Waals surface area contributed by atoms with Crippen LogP contribution in [0.15, 0.2) is 42.5 Å². The van der Waals surface area contributed by atoms with Crippen molar-refractivity contribution in [1.82, 2.24) is 14.8 Å². The Balaban J connectivity index is 1.52. The highest BCUT2D eigenvalue weighted by Crippen LogP contribution is 2.45. The Morgan fingerprint density at radius 3 is 2.68 bits per heavy atom. The zero-order valence-corrected chi connectivity index (χ0v) is 21.9. The molecule has 0 amide bonds. The molecule has 0 spiro atoms. The minimum absolute atomic E-state index is 0.106. The number of alkyl halides is 3. The van der Waals surface area contributed by atoms with E-state index in [-0.39, 0.29) is 17.6 Å². The van der Waals surface area contributed by atoms with Gasteiger partial charge < -0.3 is 15.0 Å². The van der Waals surface area contributed by atoms with Gasteiger partial charge in [-0.05, 0) is 49.1 Å². The standard InChI is InChI=1S/C30H35F3N4O/c1-4-5-12-36-15-21(16-36)27(31)20-10-11-23(26(14-20)34-3)29-28-24(22-8-6-7-9-25(22)35-28)13-19(2)37(29)17-30(32,33)18-38/h6-11,14,19,21,27,29,35,38H,4-5,12-13,15-18H2,1-2H3/t19-,27-,29-/m1/s1. The molecule has 1 saturated heterocycles. The molecule has 8 heteroatoms. The van der Waals surface area contributed by atoms with Crippen molar-refractivity contribution < 1.29 is 18.3 Å². The van der Waals surface area contributed by atoms with Gasteiger partial charge in [0.25, 0.3) is 5.92 Å². The molecule has 0 bridgehead atoms. The number of benzene rings is 2. The second-order valence-electron chi connectivity index (χ2n) is 10.9. The van der Waals surface area contributed by atoms with E-state index < -0.39 is 31.3 Å². The first-order valence-electron chi connectivity index (χ1n) is 13.5. The van der Waals surface area contributed by atoms with Crippen LogP contribution in [0.4, 0.5) is 18.9 Å². The van der Waals surface area contributed by atoms with Crippen molar-refractivity contribution in [2.45, 2.75) is 57.3 Å². The SMILES string of the molecule is [C-]#[N+]c1cc([C@@H](F)C2CN(CCCC)C2)ccc1[C@@H]1c2[nH]c3ccccc3c2C[C@@H](C)N1CC(F)(F)CO. The lowest BCUT2D eigenvalue weighted by atomic mass is 9.85. The van der Waals surface area contributed by atoms with Crippen LogP contribution in [0.3, 0.4) is 0 Å². The van der Waals surface area contributed by atoms with E-state index in [0.29, 0.717) is 30.6 Å². The molecule has 2 aliphatic heterocycles. The number of aliphatic hydroxyl groups is 1. The number of aliphatic hydroxyl groups excluding tert-OH is 1. The first-order chi connectivity index (χ1) is 18.3. The number of fused-ring (bicyclic) bond motifs is 3. The number of para-hydroxylation sites is 1. The zero-order chi connectivity index (χ0) is 27.0. The van der Waals surface area contributed by atoms with E-state index in [1.807, 2.05) is 31.2 Å². The van der Waals surface area contributed by atoms with Crippen LogP contribution < -0.4 is 0 Å². The summed E-state index contributed by atoms with van der Waals surface area (Å²) in [7, 11) is 0. The molecule has 0 radical (unpaired) electrons. The van der Waals surface area contributed by atoms with E-state index in [1.165, 1.54) is 0 Å². The van der Waals surface area contributed by atoms with Crippen LogP contribution in [0, 0.1) is 12.5 Å². The van der Waals surface area contributed by atoms with E-state index in [1.54, 1.807) is 23.1 Å². The summed E-state index contributed by atoms with van der Waals surface area (Å²) in [5.74, 6) is -3.40. The molecule has 3 heterocycles. The summed E-state index contributed by atoms with van der Waals surface area (Å²) in [4.78, 5) is 11.1. The normalized spacial score (nSPS) is 21.7. The summed E-state index contributed by atoms with van der Waals surface area (Å²) in [6.07, 6.45) is 1.59. The lowest BCUT2D eigenvalue weighted by Gasteiger charge is -2.43. The molecular weight excluding hydrogens is 489 g/mol. The van der Waals surface area contributed by atoms with Gasteiger partial charge in [-0.2, -0.15) is 0 Å². The number of rotatable bonds is 9. The molecule has 1 aromatic heterocycles. The number of halogens is 3. The van der Waals surface area contributed by atoms with Crippen molar-refractivity contribution in [3.8, 4) is 0 Å². The van der Waals surface area contributed by atoms with Crippen LogP contribution in [0.2, 0.25) is 0 Å². The molecule has 1 fully saturated rings. The average molecular weight is 525 g/mol. The first-order valence-corrected chi connectivity index (χ1v) is 13.5. The fourth-order valence-electron chi connectivity index (χ4n) is 6.10. The van der Waals surface area contributed by atoms with E-state index in [0.717, 1.165) is 41.5 Å². The molecule has 5 nitrogen and oxygen atoms in total. The molecule has 3 aromatic rings. The predicted molar refractivity (Wildman–Crippen MR) is 143 cm³/mol. The summed E-state index contributed by atoms with van der Waals surface area (Å²) >= 11 is 0. The Morgan fingerprint density at radius 1 is 1.21 bits per heavy atom. The van der Waals surface area contributed by atoms with E-state index >= 15 is 4.39 Å². The lowest BCUT2D eigenvalue weighted by Crippen LogP contribution is -2.49. The van der Waals surface area contributed by atoms with Crippen molar-refractivity contribution in [1.29, 1.82) is 0 Å². The minimum atomic E-state index is -3.30. The van der Waals surface area contributed by atoms with Crippen LogP contribution in [0.1, 0.15) is 61.3 Å². The Morgan fingerprint density at radius 2 is 1.97 bits per heavy atom. The summed E-state index contributed by atoms with van der Waals surface area (Å²) in [6.45, 7) is 12.4. The quantitative estimate of drug-likeness (QED) is 0.318. The zero-order valence-electron chi connectivity index (χ0n) is 21.9. The molecule has 202 valence electrons. The molecule has 0 saturated carbocycles. The van der Waals surface area contributed by atoms with Crippen LogP contribution >= 0.6 is 0 Å². The Hall–Kier alpha value is -2.86. The maximum Gasteiger partial charge on any atom is 0.283 e. The van der Waals surface area contributed by atoms with Crippen LogP contribution in [-0.4, -0.2) is 64.6 Å². The van der Waals surface area contributed by atoms with Gasteiger partial charge in [-0.3, -0.25) is 4.90 Å². The summed E-state index contributed by atoms with van der Waals surface area (Å²) in [5, 5.41) is 10.4. The van der Waals surface area contributed by atoms with Gasteiger partial charge in [-0.15, -0.1) is 0 Å². The molecule has 2 aromatic carbocycles. The first kappa shape index (κ1) is 26.7. The van der Waals surface area contributed by atoms with Crippen molar-refractivity contribution in [2.75, 3.05) is 32.8 Å². The monoisotopic (exact) mass is 524 g/mol. The summed E-state index contributed by atoms with van der Waals surface area (Å²) < 4.78 is 44.6. The van der Waals surface area contributed by atoms with Gasteiger partial charge in [0.15, 0.2) is 5.69 Å². The molecular formula is C30H35F3N4O. The summed E-state index contributed by atoms with van der Waals surface area (Å²) in [5.41, 5.74) is 4.04.